The number of benzene rings is 1. The molecule has 0 radical (unpaired) electrons. The van der Waals surface area contributed by atoms with E-state index in [1.54, 1.807) is 0 Å². The van der Waals surface area contributed by atoms with Crippen LogP contribution in [0.2, 0.25) is 0 Å². The maximum absolute atomic E-state index is 12.1. The Morgan fingerprint density at radius 2 is 2.17 bits per heavy atom. The van der Waals surface area contributed by atoms with E-state index >= 15 is 0 Å². The molecule has 0 spiro atoms. The summed E-state index contributed by atoms with van der Waals surface area (Å²) in [5.41, 5.74) is 2.35. The molecule has 1 amide bonds. The van der Waals surface area contributed by atoms with E-state index < -0.39 is 0 Å². The number of nitrogens with one attached hydrogen (secondary N) is 1. The number of carbonyl (C=O) groups excluding carboxylic acids is 1. The van der Waals surface area contributed by atoms with Gasteiger partial charge in [0.1, 0.15) is 0 Å². The van der Waals surface area contributed by atoms with Gasteiger partial charge in [-0.1, -0.05) is 32.0 Å². The van der Waals surface area contributed by atoms with Crippen molar-refractivity contribution in [3.63, 3.8) is 0 Å². The third kappa shape index (κ3) is 2.56. The number of carbonyl (C=O) groups is 1. The van der Waals surface area contributed by atoms with Crippen LogP contribution >= 0.6 is 0 Å². The van der Waals surface area contributed by atoms with Crippen molar-refractivity contribution in [2.24, 2.45) is 0 Å². The molecule has 2 rings (SSSR count). The van der Waals surface area contributed by atoms with E-state index in [1.807, 2.05) is 17.9 Å². The van der Waals surface area contributed by atoms with Gasteiger partial charge in [-0.3, -0.25) is 4.79 Å². The zero-order valence-corrected chi connectivity index (χ0v) is 11.3. The molecule has 0 aromatic heterocycles. The van der Waals surface area contributed by atoms with Crippen LogP contribution in [0.1, 0.15) is 44.7 Å². The Labute approximate surface area is 109 Å². The Kier molecular flexibility index (Phi) is 4.37. The number of hydrogen-bond donors (Lipinski definition) is 1. The average Bonchev–Trinajstić information content (AvgIpc) is 2.59. The fourth-order valence-electron chi connectivity index (χ4n) is 2.67. The first-order chi connectivity index (χ1) is 8.77. The second-order valence-electron chi connectivity index (χ2n) is 4.71. The van der Waals surface area contributed by atoms with Gasteiger partial charge in [0.05, 0.1) is 0 Å². The van der Waals surface area contributed by atoms with Crippen molar-refractivity contribution >= 4 is 11.6 Å². The smallest absolute Gasteiger partial charge is 0.226 e. The van der Waals surface area contributed by atoms with E-state index in [0.717, 1.165) is 31.6 Å². The molecule has 1 aliphatic heterocycles. The van der Waals surface area contributed by atoms with Crippen LogP contribution in [0.25, 0.3) is 0 Å². The van der Waals surface area contributed by atoms with Gasteiger partial charge in [0.2, 0.25) is 5.91 Å². The summed E-state index contributed by atoms with van der Waals surface area (Å²) in [6, 6.07) is 8.66. The first-order valence-corrected chi connectivity index (χ1v) is 6.90. The van der Waals surface area contributed by atoms with Gasteiger partial charge in [-0.05, 0) is 31.0 Å². The van der Waals surface area contributed by atoms with E-state index in [4.69, 9.17) is 0 Å². The lowest BCUT2D eigenvalue weighted by molar-refractivity contribution is -0.118. The van der Waals surface area contributed by atoms with Crippen LogP contribution < -0.4 is 10.2 Å². The highest BCUT2D eigenvalue weighted by molar-refractivity contribution is 5.94. The molecule has 1 atom stereocenters. The van der Waals surface area contributed by atoms with Crippen molar-refractivity contribution in [1.29, 1.82) is 0 Å². The monoisotopic (exact) mass is 246 g/mol. The first-order valence-electron chi connectivity index (χ1n) is 6.90. The van der Waals surface area contributed by atoms with E-state index in [2.05, 4.69) is 30.4 Å². The van der Waals surface area contributed by atoms with Crippen LogP contribution in [-0.4, -0.2) is 19.0 Å². The van der Waals surface area contributed by atoms with Crippen molar-refractivity contribution in [2.45, 2.75) is 39.2 Å². The minimum atomic E-state index is 0.222. The Hall–Kier alpha value is -1.35. The highest BCUT2D eigenvalue weighted by Gasteiger charge is 2.24. The van der Waals surface area contributed by atoms with Gasteiger partial charge >= 0.3 is 0 Å². The molecule has 3 nitrogen and oxygen atoms in total. The summed E-state index contributed by atoms with van der Waals surface area (Å²) < 4.78 is 0. The van der Waals surface area contributed by atoms with Gasteiger partial charge in [0, 0.05) is 24.7 Å². The fourth-order valence-corrected chi connectivity index (χ4v) is 2.67. The maximum atomic E-state index is 12.1. The molecular formula is C15H22N2O. The summed E-state index contributed by atoms with van der Waals surface area (Å²) >= 11 is 0. The Bertz CT molecular complexity index is 417. The minimum Gasteiger partial charge on any atom is -0.312 e. The van der Waals surface area contributed by atoms with Crippen LogP contribution in [0.5, 0.6) is 0 Å². The number of hydrogen-bond acceptors (Lipinski definition) is 2. The van der Waals surface area contributed by atoms with Gasteiger partial charge in [-0.25, -0.2) is 0 Å². The third-order valence-electron chi connectivity index (χ3n) is 3.53. The molecule has 3 heteroatoms. The number of anilines is 1. The number of amides is 1. The summed E-state index contributed by atoms with van der Waals surface area (Å²) in [5, 5.41) is 3.52. The van der Waals surface area contributed by atoms with E-state index in [-0.39, 0.29) is 5.91 Å². The lowest BCUT2D eigenvalue weighted by Crippen LogP contribution is -2.31. The van der Waals surface area contributed by atoms with Gasteiger partial charge in [-0.2, -0.15) is 0 Å². The quantitative estimate of drug-likeness (QED) is 0.889. The zero-order chi connectivity index (χ0) is 13.0. The average molecular weight is 246 g/mol. The second kappa shape index (κ2) is 6.01. The Balaban J connectivity index is 2.37. The predicted molar refractivity (Wildman–Crippen MR) is 74.7 cm³/mol. The summed E-state index contributed by atoms with van der Waals surface area (Å²) in [5.74, 6) is 0.222. The zero-order valence-electron chi connectivity index (χ0n) is 11.3. The van der Waals surface area contributed by atoms with Gasteiger partial charge < -0.3 is 10.2 Å². The number of rotatable bonds is 3. The molecule has 1 N–H and O–H groups in total. The second-order valence-corrected chi connectivity index (χ2v) is 4.71. The molecule has 1 aromatic carbocycles. The number of para-hydroxylation sites is 1. The topological polar surface area (TPSA) is 32.3 Å². The maximum Gasteiger partial charge on any atom is 0.226 e. The molecule has 98 valence electrons. The van der Waals surface area contributed by atoms with Gasteiger partial charge in [-0.15, -0.1) is 0 Å². The SMILES string of the molecule is CCNC1CCCN(C(=O)CC)c2ccccc21. The molecule has 0 bridgehead atoms. The molecule has 1 heterocycles. The standard InChI is InChI=1S/C15H22N2O/c1-3-15(18)17-11-7-9-13(16-4-2)12-8-5-6-10-14(12)17/h5-6,8,10,13,16H,3-4,7,9,11H2,1-2H3. The van der Waals surface area contributed by atoms with Crippen LogP contribution in [0.4, 0.5) is 5.69 Å². The molecule has 0 saturated heterocycles. The molecule has 1 aromatic rings. The van der Waals surface area contributed by atoms with Crippen molar-refractivity contribution in [1.82, 2.24) is 5.32 Å². The third-order valence-corrected chi connectivity index (χ3v) is 3.53. The van der Waals surface area contributed by atoms with Crippen molar-refractivity contribution < 1.29 is 4.79 Å². The van der Waals surface area contributed by atoms with Crippen LogP contribution in [0.15, 0.2) is 24.3 Å². The van der Waals surface area contributed by atoms with Crippen LogP contribution in [-0.2, 0) is 4.79 Å². The number of fused-ring (bicyclic) bond motifs is 1. The largest absolute Gasteiger partial charge is 0.312 e. The van der Waals surface area contributed by atoms with E-state index in [1.165, 1.54) is 5.56 Å². The van der Waals surface area contributed by atoms with Crippen molar-refractivity contribution in [3.05, 3.63) is 29.8 Å². The number of nitrogens with zero attached hydrogens (tertiary/aromatic N) is 1. The molecule has 0 fully saturated rings. The van der Waals surface area contributed by atoms with Crippen molar-refractivity contribution in [2.75, 3.05) is 18.0 Å². The van der Waals surface area contributed by atoms with E-state index in [9.17, 15) is 4.79 Å². The fraction of sp³-hybridized carbons (Fsp3) is 0.533. The van der Waals surface area contributed by atoms with E-state index in [0.29, 0.717) is 12.5 Å². The molecule has 0 saturated carbocycles. The minimum absolute atomic E-state index is 0.222. The highest BCUT2D eigenvalue weighted by atomic mass is 16.2. The molecule has 18 heavy (non-hydrogen) atoms. The Morgan fingerprint density at radius 1 is 1.39 bits per heavy atom. The normalized spacial score (nSPS) is 19.2. The van der Waals surface area contributed by atoms with Crippen LogP contribution in [0, 0.1) is 0 Å². The summed E-state index contributed by atoms with van der Waals surface area (Å²) in [6.07, 6.45) is 2.72. The Morgan fingerprint density at radius 3 is 2.89 bits per heavy atom. The molecule has 1 aliphatic rings. The predicted octanol–water partition coefficient (Wildman–Crippen LogP) is 2.87. The van der Waals surface area contributed by atoms with Gasteiger partial charge in [0.25, 0.3) is 0 Å². The van der Waals surface area contributed by atoms with Crippen LogP contribution in [0.3, 0.4) is 0 Å². The molecule has 1 unspecified atom stereocenters. The lowest BCUT2D eigenvalue weighted by atomic mass is 10.0. The van der Waals surface area contributed by atoms with Gasteiger partial charge in [0.15, 0.2) is 0 Å². The first kappa shape index (κ1) is 13.1. The molecular weight excluding hydrogens is 224 g/mol. The highest BCUT2D eigenvalue weighted by Crippen LogP contribution is 2.32. The van der Waals surface area contributed by atoms with Crippen molar-refractivity contribution in [3.8, 4) is 0 Å². The molecule has 0 aliphatic carbocycles. The lowest BCUT2D eigenvalue weighted by Gasteiger charge is -2.24. The summed E-state index contributed by atoms with van der Waals surface area (Å²) in [6.45, 7) is 5.85. The summed E-state index contributed by atoms with van der Waals surface area (Å²) in [4.78, 5) is 14.0. The summed E-state index contributed by atoms with van der Waals surface area (Å²) in [7, 11) is 0.